The van der Waals surface area contributed by atoms with Crippen LogP contribution in [-0.4, -0.2) is 30.1 Å². The molecule has 2 rings (SSSR count). The van der Waals surface area contributed by atoms with Crippen LogP contribution in [-0.2, 0) is 4.74 Å². The molecule has 0 radical (unpaired) electrons. The first-order chi connectivity index (χ1) is 9.10. The number of morpholine rings is 1. The maximum atomic E-state index is 11.4. The van der Waals surface area contributed by atoms with E-state index in [1.807, 2.05) is 12.1 Å². The summed E-state index contributed by atoms with van der Waals surface area (Å²) < 4.78 is 6.08. The number of halogens is 1. The normalized spacial score (nSPS) is 20.8. The fourth-order valence-corrected chi connectivity index (χ4v) is 3.24. The summed E-state index contributed by atoms with van der Waals surface area (Å²) in [6, 6.07) is 5.50. The summed E-state index contributed by atoms with van der Waals surface area (Å²) in [6.07, 6.45) is 0. The van der Waals surface area contributed by atoms with E-state index in [0.717, 1.165) is 18.8 Å². The molecule has 0 spiro atoms. The van der Waals surface area contributed by atoms with Crippen LogP contribution in [0, 0.1) is 0 Å². The highest BCUT2D eigenvalue weighted by atomic mass is 35.5. The van der Waals surface area contributed by atoms with E-state index in [-0.39, 0.29) is 17.0 Å². The van der Waals surface area contributed by atoms with Gasteiger partial charge in [-0.05, 0) is 52.8 Å². The first-order valence-electron chi connectivity index (χ1n) is 6.85. The predicted molar refractivity (Wildman–Crippen MR) is 82.9 cm³/mol. The van der Waals surface area contributed by atoms with Crippen LogP contribution in [0.5, 0.6) is 0 Å². The van der Waals surface area contributed by atoms with Gasteiger partial charge in [0.15, 0.2) is 5.78 Å². The SMILES string of the molecule is CC(=O)c1ccc(N2CC(C)(C)OC(C)(C)C2)c(Cl)c1. The van der Waals surface area contributed by atoms with Gasteiger partial charge in [0.25, 0.3) is 0 Å². The van der Waals surface area contributed by atoms with Crippen molar-refractivity contribution < 1.29 is 9.53 Å². The minimum atomic E-state index is -0.232. The molecule has 0 saturated carbocycles. The molecule has 4 heteroatoms. The third-order valence-electron chi connectivity index (χ3n) is 3.39. The summed E-state index contributed by atoms with van der Waals surface area (Å²) in [5.41, 5.74) is 1.14. The molecule has 1 heterocycles. The predicted octanol–water partition coefficient (Wildman–Crippen LogP) is 3.94. The Morgan fingerprint density at radius 2 is 1.75 bits per heavy atom. The molecular weight excluding hydrogens is 274 g/mol. The van der Waals surface area contributed by atoms with Crippen molar-refractivity contribution in [2.75, 3.05) is 18.0 Å². The summed E-state index contributed by atoms with van der Waals surface area (Å²) in [6.45, 7) is 11.4. The maximum absolute atomic E-state index is 11.4. The lowest BCUT2D eigenvalue weighted by molar-refractivity contribution is -0.133. The smallest absolute Gasteiger partial charge is 0.159 e. The average Bonchev–Trinajstić information content (AvgIpc) is 2.24. The van der Waals surface area contributed by atoms with Crippen molar-refractivity contribution in [3.05, 3.63) is 28.8 Å². The number of rotatable bonds is 2. The lowest BCUT2D eigenvalue weighted by atomic mass is 9.98. The van der Waals surface area contributed by atoms with E-state index in [9.17, 15) is 4.79 Å². The summed E-state index contributed by atoms with van der Waals surface area (Å²) in [4.78, 5) is 13.6. The number of ether oxygens (including phenoxy) is 1. The zero-order chi connectivity index (χ0) is 15.1. The molecule has 0 bridgehead atoms. The number of hydrogen-bond acceptors (Lipinski definition) is 3. The van der Waals surface area contributed by atoms with Gasteiger partial charge in [0, 0.05) is 18.7 Å². The summed E-state index contributed by atoms with van der Waals surface area (Å²) >= 11 is 6.36. The molecule has 3 nitrogen and oxygen atoms in total. The topological polar surface area (TPSA) is 29.5 Å². The average molecular weight is 296 g/mol. The highest BCUT2D eigenvalue weighted by Crippen LogP contribution is 2.35. The van der Waals surface area contributed by atoms with Gasteiger partial charge < -0.3 is 9.64 Å². The molecule has 0 N–H and O–H groups in total. The molecule has 0 aromatic heterocycles. The van der Waals surface area contributed by atoms with E-state index >= 15 is 0 Å². The van der Waals surface area contributed by atoms with Crippen molar-refractivity contribution in [1.82, 2.24) is 0 Å². The molecular formula is C16H22ClNO2. The van der Waals surface area contributed by atoms with Gasteiger partial charge in [0.05, 0.1) is 21.9 Å². The number of nitrogens with zero attached hydrogens (tertiary/aromatic N) is 1. The zero-order valence-electron chi connectivity index (χ0n) is 12.8. The van der Waals surface area contributed by atoms with E-state index in [0.29, 0.717) is 10.6 Å². The molecule has 0 amide bonds. The van der Waals surface area contributed by atoms with Crippen molar-refractivity contribution in [2.45, 2.75) is 45.8 Å². The monoisotopic (exact) mass is 295 g/mol. The van der Waals surface area contributed by atoms with Crippen LogP contribution >= 0.6 is 11.6 Å². The Morgan fingerprint density at radius 1 is 1.20 bits per heavy atom. The third kappa shape index (κ3) is 3.33. The van der Waals surface area contributed by atoms with Crippen LogP contribution < -0.4 is 4.90 Å². The van der Waals surface area contributed by atoms with Gasteiger partial charge in [0.1, 0.15) is 0 Å². The molecule has 1 fully saturated rings. The summed E-state index contributed by atoms with van der Waals surface area (Å²) in [5.74, 6) is 0.0288. The number of benzene rings is 1. The minimum Gasteiger partial charge on any atom is -0.366 e. The molecule has 1 aromatic rings. The number of carbonyl (C=O) groups is 1. The van der Waals surface area contributed by atoms with Gasteiger partial charge in [-0.2, -0.15) is 0 Å². The molecule has 1 saturated heterocycles. The van der Waals surface area contributed by atoms with Gasteiger partial charge in [-0.1, -0.05) is 11.6 Å². The van der Waals surface area contributed by atoms with Crippen molar-refractivity contribution in [3.63, 3.8) is 0 Å². The highest BCUT2D eigenvalue weighted by molar-refractivity contribution is 6.33. The molecule has 0 unspecified atom stereocenters. The van der Waals surface area contributed by atoms with Gasteiger partial charge >= 0.3 is 0 Å². The molecule has 1 aliphatic heterocycles. The highest BCUT2D eigenvalue weighted by Gasteiger charge is 2.38. The molecule has 20 heavy (non-hydrogen) atoms. The fourth-order valence-electron chi connectivity index (χ4n) is 2.94. The number of ketones is 1. The molecule has 1 aromatic carbocycles. The Hall–Kier alpha value is -1.06. The first kappa shape index (κ1) is 15.3. The minimum absolute atomic E-state index is 0.0288. The van der Waals surface area contributed by atoms with Crippen LogP contribution in [0.15, 0.2) is 18.2 Å². The van der Waals surface area contributed by atoms with Crippen molar-refractivity contribution in [3.8, 4) is 0 Å². The fraction of sp³-hybridized carbons (Fsp3) is 0.562. The molecule has 1 aliphatic rings. The van der Waals surface area contributed by atoms with Crippen LogP contribution in [0.3, 0.4) is 0 Å². The Balaban J connectivity index is 2.34. The Kier molecular flexibility index (Phi) is 3.87. The maximum Gasteiger partial charge on any atom is 0.159 e. The van der Waals surface area contributed by atoms with Gasteiger partial charge in [0.2, 0.25) is 0 Å². The van der Waals surface area contributed by atoms with Crippen molar-refractivity contribution >= 4 is 23.1 Å². The van der Waals surface area contributed by atoms with E-state index in [1.54, 1.807) is 13.0 Å². The van der Waals surface area contributed by atoms with Crippen LogP contribution in [0.4, 0.5) is 5.69 Å². The summed E-state index contributed by atoms with van der Waals surface area (Å²) in [5, 5.41) is 0.617. The zero-order valence-corrected chi connectivity index (χ0v) is 13.5. The summed E-state index contributed by atoms with van der Waals surface area (Å²) in [7, 11) is 0. The second-order valence-electron chi connectivity index (χ2n) is 6.70. The molecule has 0 atom stereocenters. The van der Waals surface area contributed by atoms with Crippen LogP contribution in [0.25, 0.3) is 0 Å². The van der Waals surface area contributed by atoms with E-state index < -0.39 is 0 Å². The number of Topliss-reactive ketones (excluding diaryl/α,β-unsaturated/α-hetero) is 1. The lowest BCUT2D eigenvalue weighted by Crippen LogP contribution is -2.57. The third-order valence-corrected chi connectivity index (χ3v) is 3.69. The quantitative estimate of drug-likeness (QED) is 0.774. The van der Waals surface area contributed by atoms with Gasteiger partial charge in [-0.25, -0.2) is 0 Å². The lowest BCUT2D eigenvalue weighted by Gasteiger charge is -2.48. The van der Waals surface area contributed by atoms with Gasteiger partial charge in [-0.15, -0.1) is 0 Å². The Labute approximate surface area is 125 Å². The first-order valence-corrected chi connectivity index (χ1v) is 7.23. The second kappa shape index (κ2) is 5.05. The van der Waals surface area contributed by atoms with Crippen molar-refractivity contribution in [1.29, 1.82) is 0 Å². The molecule has 110 valence electrons. The Bertz CT molecular complexity index is 521. The Morgan fingerprint density at radius 3 is 2.20 bits per heavy atom. The van der Waals surface area contributed by atoms with E-state index in [1.165, 1.54) is 0 Å². The van der Waals surface area contributed by atoms with E-state index in [4.69, 9.17) is 16.3 Å². The number of carbonyl (C=O) groups excluding carboxylic acids is 1. The van der Waals surface area contributed by atoms with E-state index in [2.05, 4.69) is 32.6 Å². The van der Waals surface area contributed by atoms with Crippen LogP contribution in [0.1, 0.15) is 45.0 Å². The van der Waals surface area contributed by atoms with Crippen LogP contribution in [0.2, 0.25) is 5.02 Å². The molecule has 0 aliphatic carbocycles. The number of anilines is 1. The second-order valence-corrected chi connectivity index (χ2v) is 7.11. The number of hydrogen-bond donors (Lipinski definition) is 0. The van der Waals surface area contributed by atoms with Gasteiger partial charge in [-0.3, -0.25) is 4.79 Å². The largest absolute Gasteiger partial charge is 0.366 e. The van der Waals surface area contributed by atoms with Crippen molar-refractivity contribution in [2.24, 2.45) is 0 Å². The standard InChI is InChI=1S/C16H22ClNO2/c1-11(19)12-6-7-14(13(17)8-12)18-9-15(2,3)20-16(4,5)10-18/h6-8H,9-10H2,1-5H3.